The lowest BCUT2D eigenvalue weighted by molar-refractivity contribution is -0.142. The molecule has 0 atom stereocenters. The third-order valence-corrected chi connectivity index (χ3v) is 4.08. The Morgan fingerprint density at radius 2 is 1.84 bits per heavy atom. The highest BCUT2D eigenvalue weighted by Crippen LogP contribution is 2.25. The number of benzene rings is 1. The van der Waals surface area contributed by atoms with Gasteiger partial charge in [-0.1, -0.05) is 24.3 Å². The number of ether oxygens (including phenoxy) is 1. The van der Waals surface area contributed by atoms with Crippen molar-refractivity contribution in [2.24, 2.45) is 5.92 Å². The standard InChI is InChI=1S/C16H22O3/c1-16(2,15(17)18)14-5-3-12(4-6-14)11-13-7-9-19-10-8-13/h3-6,13H,7-11H2,1-2H3,(H,17,18). The fourth-order valence-electron chi connectivity index (χ4n) is 2.46. The smallest absolute Gasteiger partial charge is 0.313 e. The number of hydrogen-bond donors (Lipinski definition) is 1. The van der Waals surface area contributed by atoms with Crippen LogP contribution in [0.15, 0.2) is 24.3 Å². The highest BCUT2D eigenvalue weighted by molar-refractivity contribution is 5.80. The summed E-state index contributed by atoms with van der Waals surface area (Å²) < 4.78 is 5.36. The van der Waals surface area contributed by atoms with Crippen molar-refractivity contribution in [2.75, 3.05) is 13.2 Å². The summed E-state index contributed by atoms with van der Waals surface area (Å²) in [5.41, 5.74) is 1.32. The summed E-state index contributed by atoms with van der Waals surface area (Å²) in [5.74, 6) is -0.0863. The Morgan fingerprint density at radius 3 is 2.37 bits per heavy atom. The van der Waals surface area contributed by atoms with E-state index in [0.717, 1.165) is 38.0 Å². The number of hydrogen-bond acceptors (Lipinski definition) is 2. The Balaban J connectivity index is 2.04. The Morgan fingerprint density at radius 1 is 1.26 bits per heavy atom. The van der Waals surface area contributed by atoms with Crippen molar-refractivity contribution in [3.05, 3.63) is 35.4 Å². The minimum absolute atomic E-state index is 0.701. The van der Waals surface area contributed by atoms with E-state index in [-0.39, 0.29) is 0 Å². The van der Waals surface area contributed by atoms with Crippen LogP contribution in [-0.2, 0) is 21.4 Å². The molecule has 0 saturated carbocycles. The normalized spacial score (nSPS) is 17.4. The molecule has 0 amide bonds. The molecule has 1 aromatic rings. The summed E-state index contributed by atoms with van der Waals surface area (Å²) in [5, 5.41) is 9.21. The maximum Gasteiger partial charge on any atom is 0.313 e. The van der Waals surface area contributed by atoms with Gasteiger partial charge in [-0.25, -0.2) is 0 Å². The van der Waals surface area contributed by atoms with E-state index in [4.69, 9.17) is 4.74 Å². The predicted octanol–water partition coefficient (Wildman–Crippen LogP) is 3.02. The van der Waals surface area contributed by atoms with Crippen LogP contribution in [0.4, 0.5) is 0 Å². The molecule has 1 aliphatic heterocycles. The summed E-state index contributed by atoms with van der Waals surface area (Å²) in [6.07, 6.45) is 3.32. The number of carbonyl (C=O) groups is 1. The lowest BCUT2D eigenvalue weighted by Gasteiger charge is -2.23. The van der Waals surface area contributed by atoms with Gasteiger partial charge in [0.15, 0.2) is 0 Å². The summed E-state index contributed by atoms with van der Waals surface area (Å²) >= 11 is 0. The van der Waals surface area contributed by atoms with Gasteiger partial charge in [0.25, 0.3) is 0 Å². The molecule has 0 aromatic heterocycles. The third kappa shape index (κ3) is 3.35. The van der Waals surface area contributed by atoms with Crippen LogP contribution in [0.5, 0.6) is 0 Å². The van der Waals surface area contributed by atoms with Gasteiger partial charge in [0.1, 0.15) is 0 Å². The van der Waals surface area contributed by atoms with Crippen molar-refractivity contribution in [3.63, 3.8) is 0 Å². The molecule has 1 fully saturated rings. The molecular formula is C16H22O3. The Bertz CT molecular complexity index is 428. The van der Waals surface area contributed by atoms with Gasteiger partial charge < -0.3 is 9.84 Å². The van der Waals surface area contributed by atoms with Gasteiger partial charge in [0, 0.05) is 13.2 Å². The molecule has 1 heterocycles. The molecule has 1 N–H and O–H groups in total. The fourth-order valence-corrected chi connectivity index (χ4v) is 2.46. The van der Waals surface area contributed by atoms with Crippen LogP contribution in [-0.4, -0.2) is 24.3 Å². The maximum atomic E-state index is 11.2. The van der Waals surface area contributed by atoms with E-state index >= 15 is 0 Å². The molecule has 19 heavy (non-hydrogen) atoms. The van der Waals surface area contributed by atoms with Crippen molar-refractivity contribution in [3.8, 4) is 0 Å². The van der Waals surface area contributed by atoms with Crippen molar-refractivity contribution in [1.82, 2.24) is 0 Å². The van der Waals surface area contributed by atoms with Crippen LogP contribution in [0.3, 0.4) is 0 Å². The first-order chi connectivity index (χ1) is 9.00. The Hall–Kier alpha value is -1.35. The van der Waals surface area contributed by atoms with Gasteiger partial charge in [-0.2, -0.15) is 0 Å². The summed E-state index contributed by atoms with van der Waals surface area (Å²) in [7, 11) is 0. The zero-order valence-corrected chi connectivity index (χ0v) is 11.7. The van der Waals surface area contributed by atoms with Crippen molar-refractivity contribution >= 4 is 5.97 Å². The number of rotatable bonds is 4. The molecule has 2 rings (SSSR count). The molecule has 0 aliphatic carbocycles. The van der Waals surface area contributed by atoms with Gasteiger partial charge in [-0.3, -0.25) is 4.79 Å². The van der Waals surface area contributed by atoms with Crippen LogP contribution in [0, 0.1) is 5.92 Å². The molecule has 1 aromatic carbocycles. The molecule has 0 radical (unpaired) electrons. The van der Waals surface area contributed by atoms with Crippen LogP contribution in [0.2, 0.25) is 0 Å². The average molecular weight is 262 g/mol. The van der Waals surface area contributed by atoms with Crippen LogP contribution < -0.4 is 0 Å². The zero-order valence-electron chi connectivity index (χ0n) is 11.7. The number of carboxylic acid groups (broad SMARTS) is 1. The average Bonchev–Trinajstić information content (AvgIpc) is 2.40. The maximum absolute atomic E-state index is 11.2. The van der Waals surface area contributed by atoms with E-state index in [0.29, 0.717) is 5.92 Å². The quantitative estimate of drug-likeness (QED) is 0.907. The Kier molecular flexibility index (Phi) is 4.25. The van der Waals surface area contributed by atoms with E-state index in [1.807, 2.05) is 12.1 Å². The number of carboxylic acids is 1. The van der Waals surface area contributed by atoms with Gasteiger partial charge in [0.05, 0.1) is 5.41 Å². The summed E-state index contributed by atoms with van der Waals surface area (Å²) in [6, 6.07) is 8.02. The first-order valence-electron chi connectivity index (χ1n) is 6.90. The van der Waals surface area contributed by atoms with E-state index in [9.17, 15) is 9.90 Å². The van der Waals surface area contributed by atoms with Crippen molar-refractivity contribution < 1.29 is 14.6 Å². The minimum Gasteiger partial charge on any atom is -0.481 e. The van der Waals surface area contributed by atoms with Gasteiger partial charge in [-0.05, 0) is 50.2 Å². The highest BCUT2D eigenvalue weighted by atomic mass is 16.5. The molecule has 0 spiro atoms. The van der Waals surface area contributed by atoms with Crippen LogP contribution >= 0.6 is 0 Å². The van der Waals surface area contributed by atoms with E-state index in [1.165, 1.54) is 5.56 Å². The highest BCUT2D eigenvalue weighted by Gasteiger charge is 2.29. The largest absolute Gasteiger partial charge is 0.481 e. The summed E-state index contributed by atoms with van der Waals surface area (Å²) in [4.78, 5) is 11.2. The topological polar surface area (TPSA) is 46.5 Å². The van der Waals surface area contributed by atoms with E-state index in [1.54, 1.807) is 13.8 Å². The third-order valence-electron chi connectivity index (χ3n) is 4.08. The zero-order chi connectivity index (χ0) is 13.9. The summed E-state index contributed by atoms with van der Waals surface area (Å²) in [6.45, 7) is 5.22. The fraction of sp³-hybridized carbons (Fsp3) is 0.562. The van der Waals surface area contributed by atoms with E-state index in [2.05, 4.69) is 12.1 Å². The first kappa shape index (κ1) is 14.1. The molecule has 104 valence electrons. The van der Waals surface area contributed by atoms with Gasteiger partial charge >= 0.3 is 5.97 Å². The lowest BCUT2D eigenvalue weighted by atomic mass is 9.83. The van der Waals surface area contributed by atoms with Crippen LogP contribution in [0.1, 0.15) is 37.8 Å². The van der Waals surface area contributed by atoms with Crippen molar-refractivity contribution in [1.29, 1.82) is 0 Å². The SMILES string of the molecule is CC(C)(C(=O)O)c1ccc(CC2CCOCC2)cc1. The molecule has 1 saturated heterocycles. The molecule has 1 aliphatic rings. The first-order valence-corrected chi connectivity index (χ1v) is 6.90. The molecule has 3 heteroatoms. The van der Waals surface area contributed by atoms with Gasteiger partial charge in [0.2, 0.25) is 0 Å². The second kappa shape index (κ2) is 5.74. The predicted molar refractivity (Wildman–Crippen MR) is 74.4 cm³/mol. The molecule has 0 bridgehead atoms. The lowest BCUT2D eigenvalue weighted by Crippen LogP contribution is -2.28. The second-order valence-electron chi connectivity index (χ2n) is 5.89. The van der Waals surface area contributed by atoms with Gasteiger partial charge in [-0.15, -0.1) is 0 Å². The van der Waals surface area contributed by atoms with Crippen LogP contribution in [0.25, 0.3) is 0 Å². The minimum atomic E-state index is -0.822. The number of aliphatic carboxylic acids is 1. The Labute approximate surface area is 114 Å². The van der Waals surface area contributed by atoms with E-state index < -0.39 is 11.4 Å². The molecule has 0 unspecified atom stereocenters. The molecular weight excluding hydrogens is 240 g/mol. The molecule has 3 nitrogen and oxygen atoms in total. The monoisotopic (exact) mass is 262 g/mol. The second-order valence-corrected chi connectivity index (χ2v) is 5.89. The van der Waals surface area contributed by atoms with Crippen molar-refractivity contribution in [2.45, 2.75) is 38.5 Å².